The standard InChI is InChI=1S/C29H46N4O5/c1-29(2,3)26(30-27(35)23(18-33(37)20-34)16-21-8-6-7-9-21)28(36)32-15-14-24(19-32)31(4)17-22-10-12-25(38-5)13-11-22/h10-13,20-21,23-24,26,37H,6-9,14-19H2,1-5H3,(H,30,35)/t23-,24-,26-/m1/s1. The third-order valence-electron chi connectivity index (χ3n) is 8.08. The third kappa shape index (κ3) is 8.17. The Kier molecular flexibility index (Phi) is 10.6. The highest BCUT2D eigenvalue weighted by Crippen LogP contribution is 2.31. The molecule has 2 N–H and O–H groups in total. The lowest BCUT2D eigenvalue weighted by Crippen LogP contribution is -2.56. The van der Waals surface area contributed by atoms with Crippen molar-refractivity contribution in [2.24, 2.45) is 17.3 Å². The van der Waals surface area contributed by atoms with E-state index in [1.807, 2.05) is 37.8 Å². The SMILES string of the molecule is COc1ccc(CN(C)[C@@H]2CCN(C(=O)[C@@H](NC(=O)[C@H](CC3CCCC3)CN(O)C=O)C(C)(C)C)C2)cc1. The summed E-state index contributed by atoms with van der Waals surface area (Å²) >= 11 is 0. The summed E-state index contributed by atoms with van der Waals surface area (Å²) in [6, 6.07) is 7.54. The average molecular weight is 531 g/mol. The lowest BCUT2D eigenvalue weighted by molar-refractivity contribution is -0.155. The van der Waals surface area contributed by atoms with Crippen LogP contribution in [0, 0.1) is 17.3 Å². The van der Waals surface area contributed by atoms with Gasteiger partial charge < -0.3 is 15.0 Å². The largest absolute Gasteiger partial charge is 0.497 e. The zero-order valence-corrected chi connectivity index (χ0v) is 23.7. The fourth-order valence-corrected chi connectivity index (χ4v) is 5.72. The number of methoxy groups -OCH3 is 1. The number of likely N-dealkylation sites (N-methyl/N-ethyl adjacent to an activating group) is 1. The molecule has 1 saturated heterocycles. The minimum atomic E-state index is -0.699. The summed E-state index contributed by atoms with van der Waals surface area (Å²) in [6.07, 6.45) is 6.18. The first-order valence-corrected chi connectivity index (χ1v) is 13.8. The molecule has 1 aliphatic carbocycles. The molecule has 1 aromatic carbocycles. The van der Waals surface area contributed by atoms with Gasteiger partial charge in [-0.05, 0) is 48.9 Å². The Labute approximate surface area is 227 Å². The molecule has 3 rings (SSSR count). The van der Waals surface area contributed by atoms with Gasteiger partial charge >= 0.3 is 0 Å². The minimum absolute atomic E-state index is 0.0706. The van der Waals surface area contributed by atoms with Gasteiger partial charge in [0, 0.05) is 25.7 Å². The van der Waals surface area contributed by atoms with E-state index in [0.29, 0.717) is 36.9 Å². The Hall–Kier alpha value is -2.65. The molecule has 0 aromatic heterocycles. The van der Waals surface area contributed by atoms with Crippen molar-refractivity contribution in [3.8, 4) is 5.75 Å². The van der Waals surface area contributed by atoms with Gasteiger partial charge in [0.1, 0.15) is 11.8 Å². The maximum Gasteiger partial charge on any atom is 0.245 e. The van der Waals surface area contributed by atoms with Crippen LogP contribution in [0.2, 0.25) is 0 Å². The zero-order chi connectivity index (χ0) is 27.9. The maximum atomic E-state index is 13.7. The van der Waals surface area contributed by atoms with Crippen molar-refractivity contribution in [1.29, 1.82) is 0 Å². The lowest BCUT2D eigenvalue weighted by Gasteiger charge is -2.35. The van der Waals surface area contributed by atoms with Crippen LogP contribution in [0.4, 0.5) is 0 Å². The molecule has 0 bridgehead atoms. The molecule has 1 heterocycles. The van der Waals surface area contributed by atoms with E-state index in [9.17, 15) is 19.6 Å². The van der Waals surface area contributed by atoms with Gasteiger partial charge in [-0.25, -0.2) is 5.06 Å². The number of carbonyl (C=O) groups is 3. The predicted molar refractivity (Wildman–Crippen MR) is 145 cm³/mol. The molecule has 0 spiro atoms. The van der Waals surface area contributed by atoms with Crippen LogP contribution in [0.1, 0.15) is 64.9 Å². The highest BCUT2D eigenvalue weighted by molar-refractivity contribution is 5.89. The first-order valence-electron chi connectivity index (χ1n) is 13.8. The van der Waals surface area contributed by atoms with Gasteiger partial charge in [-0.1, -0.05) is 58.6 Å². The summed E-state index contributed by atoms with van der Waals surface area (Å²) in [6.45, 7) is 7.81. The molecule has 3 amide bonds. The molecule has 9 nitrogen and oxygen atoms in total. The summed E-state index contributed by atoms with van der Waals surface area (Å²) in [4.78, 5) is 42.4. The van der Waals surface area contributed by atoms with Crippen molar-refractivity contribution < 1.29 is 24.3 Å². The highest BCUT2D eigenvalue weighted by atomic mass is 16.5. The molecule has 1 saturated carbocycles. The number of carbonyl (C=O) groups excluding carboxylic acids is 3. The van der Waals surface area contributed by atoms with Gasteiger partial charge in [-0.3, -0.25) is 24.5 Å². The van der Waals surface area contributed by atoms with Gasteiger partial charge in [0.15, 0.2) is 0 Å². The Balaban J connectivity index is 1.64. The average Bonchev–Trinajstić information content (AvgIpc) is 3.58. The quantitative estimate of drug-likeness (QED) is 0.244. The number of ether oxygens (including phenoxy) is 1. The van der Waals surface area contributed by atoms with E-state index in [1.54, 1.807) is 7.11 Å². The van der Waals surface area contributed by atoms with Crippen LogP contribution in [0.3, 0.4) is 0 Å². The molecule has 3 atom stereocenters. The second-order valence-electron chi connectivity index (χ2n) is 12.1. The van der Waals surface area contributed by atoms with E-state index < -0.39 is 17.4 Å². The Morgan fingerprint density at radius 2 is 1.84 bits per heavy atom. The minimum Gasteiger partial charge on any atom is -0.497 e. The van der Waals surface area contributed by atoms with E-state index in [-0.39, 0.29) is 24.4 Å². The normalized spacial score (nSPS) is 19.9. The molecular formula is C29H46N4O5. The second kappa shape index (κ2) is 13.4. The number of nitrogens with zero attached hydrogens (tertiary/aromatic N) is 3. The molecule has 1 aliphatic heterocycles. The van der Waals surface area contributed by atoms with Crippen molar-refractivity contribution in [3.63, 3.8) is 0 Å². The number of hydrogen-bond acceptors (Lipinski definition) is 6. The zero-order valence-electron chi connectivity index (χ0n) is 23.7. The molecule has 2 fully saturated rings. The van der Waals surface area contributed by atoms with Gasteiger partial charge in [0.2, 0.25) is 18.2 Å². The van der Waals surface area contributed by atoms with Crippen LogP contribution in [-0.2, 0) is 20.9 Å². The molecule has 0 unspecified atom stereocenters. The van der Waals surface area contributed by atoms with Crippen LogP contribution in [0.5, 0.6) is 5.75 Å². The lowest BCUT2D eigenvalue weighted by atomic mass is 9.84. The Bertz CT molecular complexity index is 926. The summed E-state index contributed by atoms with van der Waals surface area (Å²) < 4.78 is 5.25. The summed E-state index contributed by atoms with van der Waals surface area (Å²) in [5.41, 5.74) is 0.681. The summed E-state index contributed by atoms with van der Waals surface area (Å²) in [5.74, 6) is 0.302. The maximum absolute atomic E-state index is 13.7. The molecule has 2 aliphatic rings. The van der Waals surface area contributed by atoms with E-state index in [0.717, 1.165) is 44.4 Å². The van der Waals surface area contributed by atoms with Crippen molar-refractivity contribution in [3.05, 3.63) is 29.8 Å². The third-order valence-corrected chi connectivity index (χ3v) is 8.08. The molecule has 38 heavy (non-hydrogen) atoms. The van der Waals surface area contributed by atoms with Crippen LogP contribution in [0.15, 0.2) is 24.3 Å². The molecule has 9 heteroatoms. The number of likely N-dealkylation sites (tertiary alicyclic amines) is 1. The monoisotopic (exact) mass is 530 g/mol. The number of rotatable bonds is 12. The van der Waals surface area contributed by atoms with Crippen LogP contribution in [0.25, 0.3) is 0 Å². The summed E-state index contributed by atoms with van der Waals surface area (Å²) in [7, 11) is 3.73. The van der Waals surface area contributed by atoms with Gasteiger partial charge in [0.05, 0.1) is 19.6 Å². The van der Waals surface area contributed by atoms with Crippen molar-refractivity contribution in [2.75, 3.05) is 33.8 Å². The highest BCUT2D eigenvalue weighted by Gasteiger charge is 2.40. The van der Waals surface area contributed by atoms with Crippen molar-refractivity contribution >= 4 is 18.2 Å². The molecule has 212 valence electrons. The topological polar surface area (TPSA) is 102 Å². The van der Waals surface area contributed by atoms with E-state index in [1.165, 1.54) is 5.56 Å². The number of hydroxylamine groups is 2. The van der Waals surface area contributed by atoms with Gasteiger partial charge in [-0.2, -0.15) is 0 Å². The Morgan fingerprint density at radius 1 is 1.18 bits per heavy atom. The first kappa shape index (κ1) is 29.9. The van der Waals surface area contributed by atoms with Crippen LogP contribution >= 0.6 is 0 Å². The van der Waals surface area contributed by atoms with Gasteiger partial charge in [0.25, 0.3) is 0 Å². The number of hydrogen-bond donors (Lipinski definition) is 2. The fourth-order valence-electron chi connectivity index (χ4n) is 5.72. The fraction of sp³-hybridized carbons (Fsp3) is 0.690. The van der Waals surface area contributed by atoms with E-state index >= 15 is 0 Å². The number of amides is 3. The number of benzene rings is 1. The number of nitrogens with one attached hydrogen (secondary N) is 1. The van der Waals surface area contributed by atoms with Crippen LogP contribution < -0.4 is 10.1 Å². The first-order chi connectivity index (χ1) is 18.0. The smallest absolute Gasteiger partial charge is 0.245 e. The van der Waals surface area contributed by atoms with E-state index in [4.69, 9.17) is 4.74 Å². The van der Waals surface area contributed by atoms with Crippen molar-refractivity contribution in [2.45, 2.75) is 77.9 Å². The molecule has 0 radical (unpaired) electrons. The molecule has 1 aromatic rings. The second-order valence-corrected chi connectivity index (χ2v) is 12.1. The Morgan fingerprint density at radius 3 is 2.42 bits per heavy atom. The van der Waals surface area contributed by atoms with Crippen LogP contribution in [-0.4, -0.2) is 84.2 Å². The predicted octanol–water partition coefficient (Wildman–Crippen LogP) is 3.30. The van der Waals surface area contributed by atoms with Crippen molar-refractivity contribution in [1.82, 2.24) is 20.2 Å². The molecular weight excluding hydrogens is 484 g/mol. The van der Waals surface area contributed by atoms with E-state index in [2.05, 4.69) is 29.4 Å². The van der Waals surface area contributed by atoms with Gasteiger partial charge in [-0.15, -0.1) is 0 Å². The summed E-state index contributed by atoms with van der Waals surface area (Å²) in [5, 5.41) is 13.4.